The predicted octanol–water partition coefficient (Wildman–Crippen LogP) is 4.15. The molecule has 222 valence electrons. The zero-order chi connectivity index (χ0) is 30.4. The third kappa shape index (κ3) is 9.72. The number of carbonyl (C=O) groups is 3. The van der Waals surface area contributed by atoms with Crippen LogP contribution in [-0.4, -0.2) is 56.6 Å². The van der Waals surface area contributed by atoms with Gasteiger partial charge in [0.25, 0.3) is 11.5 Å². The molecule has 0 aliphatic rings. The number of pyridine rings is 1. The van der Waals surface area contributed by atoms with E-state index in [9.17, 15) is 45.8 Å². The van der Waals surface area contributed by atoms with Crippen LogP contribution in [0.25, 0.3) is 0 Å². The standard InChI is InChI=1S/C22H30F6N4O7/c1-11(8-6-5-7-9-20(37,17(34)35)22(26,27)28)38-16-12(21(23,24)25)10-13(14(31-16)15(33)32-29)30-18(36)39-19(2,3)4/h10-11,37H,5-9,29H2,1-4H3,(H,30,36)(H,32,33)(H,34,35)/t11-,20+/m0/s1. The van der Waals surface area contributed by atoms with Gasteiger partial charge in [-0.15, -0.1) is 0 Å². The number of unbranched alkanes of at least 4 members (excludes halogenated alkanes) is 2. The maximum atomic E-state index is 13.8. The Morgan fingerprint density at radius 2 is 1.67 bits per heavy atom. The van der Waals surface area contributed by atoms with Gasteiger partial charge in [-0.05, 0) is 59.4 Å². The average Bonchev–Trinajstić information content (AvgIpc) is 2.75. The van der Waals surface area contributed by atoms with Crippen molar-refractivity contribution < 1.29 is 60.4 Å². The number of nitrogens with two attached hydrogens (primary N) is 1. The van der Waals surface area contributed by atoms with Crippen LogP contribution < -0.4 is 21.3 Å². The average molecular weight is 576 g/mol. The summed E-state index contributed by atoms with van der Waals surface area (Å²) < 4.78 is 90.1. The van der Waals surface area contributed by atoms with Gasteiger partial charge >= 0.3 is 24.4 Å². The van der Waals surface area contributed by atoms with E-state index in [1.54, 1.807) is 5.43 Å². The van der Waals surface area contributed by atoms with Crippen LogP contribution in [0, 0.1) is 0 Å². The number of anilines is 1. The first-order valence-corrected chi connectivity index (χ1v) is 11.4. The fourth-order valence-corrected chi connectivity index (χ4v) is 3.15. The highest BCUT2D eigenvalue weighted by Crippen LogP contribution is 2.39. The molecule has 0 radical (unpaired) electrons. The molecule has 0 aromatic carbocycles. The van der Waals surface area contributed by atoms with Crippen molar-refractivity contribution in [2.75, 3.05) is 5.32 Å². The summed E-state index contributed by atoms with van der Waals surface area (Å²) in [6.45, 7) is 5.84. The first-order valence-electron chi connectivity index (χ1n) is 11.4. The molecule has 0 aliphatic heterocycles. The lowest BCUT2D eigenvalue weighted by molar-refractivity contribution is -0.262. The van der Waals surface area contributed by atoms with Crippen molar-refractivity contribution in [3.8, 4) is 5.88 Å². The van der Waals surface area contributed by atoms with Gasteiger partial charge in [0.1, 0.15) is 11.2 Å². The number of ether oxygens (including phenoxy) is 2. The van der Waals surface area contributed by atoms with Crippen LogP contribution in [0.5, 0.6) is 5.88 Å². The molecule has 1 rings (SSSR count). The van der Waals surface area contributed by atoms with Crippen LogP contribution in [0.4, 0.5) is 36.8 Å². The highest BCUT2D eigenvalue weighted by atomic mass is 19.4. The number of halogens is 6. The van der Waals surface area contributed by atoms with E-state index in [1.165, 1.54) is 27.7 Å². The maximum absolute atomic E-state index is 13.8. The van der Waals surface area contributed by atoms with Crippen LogP contribution in [0.2, 0.25) is 0 Å². The summed E-state index contributed by atoms with van der Waals surface area (Å²) in [4.78, 5) is 38.7. The fraction of sp³-hybridized carbons (Fsp3) is 0.636. The van der Waals surface area contributed by atoms with Gasteiger partial charge in [-0.2, -0.15) is 26.3 Å². The van der Waals surface area contributed by atoms with E-state index >= 15 is 0 Å². The third-order valence-corrected chi connectivity index (χ3v) is 5.06. The van der Waals surface area contributed by atoms with E-state index in [1.807, 2.05) is 5.32 Å². The SMILES string of the molecule is C[C@@H](CCCCC[C@@](O)(C(=O)O)C(F)(F)F)Oc1nc(C(=O)NN)c(NC(=O)OC(C)(C)C)cc1C(F)(F)F. The summed E-state index contributed by atoms with van der Waals surface area (Å²) >= 11 is 0. The lowest BCUT2D eigenvalue weighted by Crippen LogP contribution is -2.52. The molecule has 11 nitrogen and oxygen atoms in total. The van der Waals surface area contributed by atoms with E-state index in [0.717, 1.165) is 0 Å². The number of aromatic nitrogens is 1. The zero-order valence-electron chi connectivity index (χ0n) is 21.4. The number of carbonyl (C=O) groups excluding carboxylic acids is 2. The Hall–Kier alpha value is -3.34. The summed E-state index contributed by atoms with van der Waals surface area (Å²) in [5.41, 5.74) is -6.10. The quantitative estimate of drug-likeness (QED) is 0.0853. The molecule has 1 aromatic heterocycles. The van der Waals surface area contributed by atoms with Crippen LogP contribution in [0.15, 0.2) is 6.07 Å². The summed E-state index contributed by atoms with van der Waals surface area (Å²) in [5.74, 6) is 0.443. The molecular formula is C22H30F6N4O7. The molecule has 0 unspecified atom stereocenters. The Morgan fingerprint density at radius 3 is 2.13 bits per heavy atom. The van der Waals surface area contributed by atoms with Gasteiger partial charge in [0, 0.05) is 0 Å². The molecule has 39 heavy (non-hydrogen) atoms. The van der Waals surface area contributed by atoms with E-state index < -0.39 is 76.9 Å². The van der Waals surface area contributed by atoms with E-state index in [-0.39, 0.29) is 25.7 Å². The molecular weight excluding hydrogens is 546 g/mol. The Kier molecular flexibility index (Phi) is 10.9. The van der Waals surface area contributed by atoms with E-state index in [2.05, 4.69) is 4.98 Å². The number of nitrogens with zero attached hydrogens (tertiary/aromatic N) is 1. The minimum absolute atomic E-state index is 0.00712. The predicted molar refractivity (Wildman–Crippen MR) is 123 cm³/mol. The molecule has 0 fully saturated rings. The second kappa shape index (κ2) is 12.7. The number of alkyl halides is 6. The van der Waals surface area contributed by atoms with Gasteiger partial charge in [-0.3, -0.25) is 15.5 Å². The zero-order valence-corrected chi connectivity index (χ0v) is 21.4. The molecule has 17 heteroatoms. The van der Waals surface area contributed by atoms with Crippen molar-refractivity contribution in [2.24, 2.45) is 5.84 Å². The second-order valence-corrected chi connectivity index (χ2v) is 9.53. The van der Waals surface area contributed by atoms with Gasteiger partial charge in [0.2, 0.25) is 5.88 Å². The van der Waals surface area contributed by atoms with Crippen molar-refractivity contribution in [3.63, 3.8) is 0 Å². The van der Waals surface area contributed by atoms with Gasteiger partial charge in [0.15, 0.2) is 5.69 Å². The maximum Gasteiger partial charge on any atom is 0.428 e. The number of nitrogens with one attached hydrogen (secondary N) is 2. The summed E-state index contributed by atoms with van der Waals surface area (Å²) in [7, 11) is 0. The minimum Gasteiger partial charge on any atom is -0.479 e. The van der Waals surface area contributed by atoms with Crippen molar-refractivity contribution in [1.29, 1.82) is 0 Å². The van der Waals surface area contributed by atoms with E-state index in [4.69, 9.17) is 20.4 Å². The first-order chi connectivity index (χ1) is 17.6. The van der Waals surface area contributed by atoms with Crippen LogP contribution in [-0.2, 0) is 15.7 Å². The number of hydrogen-bond donors (Lipinski definition) is 5. The number of carboxylic acids is 1. The van der Waals surface area contributed by atoms with Crippen LogP contribution >= 0.6 is 0 Å². The number of aliphatic hydroxyl groups is 1. The Labute approximate surface area is 219 Å². The Morgan fingerprint density at radius 1 is 1.08 bits per heavy atom. The highest BCUT2D eigenvalue weighted by molar-refractivity contribution is 6.01. The normalized spacial score (nSPS) is 14.7. The summed E-state index contributed by atoms with van der Waals surface area (Å²) in [5, 5.41) is 20.1. The Balaban J connectivity index is 3.06. The van der Waals surface area contributed by atoms with Gasteiger partial charge in [-0.1, -0.05) is 6.42 Å². The first kappa shape index (κ1) is 33.7. The minimum atomic E-state index is -5.40. The molecule has 2 amide bonds. The molecule has 1 aromatic rings. The second-order valence-electron chi connectivity index (χ2n) is 9.53. The van der Waals surface area contributed by atoms with E-state index in [0.29, 0.717) is 6.07 Å². The molecule has 2 atom stereocenters. The summed E-state index contributed by atoms with van der Waals surface area (Å²) in [6, 6.07) is 0.410. The topological polar surface area (TPSA) is 173 Å². The number of carboxylic acid groups (broad SMARTS) is 1. The summed E-state index contributed by atoms with van der Waals surface area (Å²) in [6.07, 6.45) is -14.0. The Bertz CT molecular complexity index is 1040. The number of rotatable bonds is 11. The van der Waals surface area contributed by atoms with Crippen molar-refractivity contribution in [1.82, 2.24) is 10.4 Å². The van der Waals surface area contributed by atoms with Crippen LogP contribution in [0.1, 0.15) is 75.9 Å². The number of aliphatic carboxylic acids is 1. The lowest BCUT2D eigenvalue weighted by Gasteiger charge is -2.26. The monoisotopic (exact) mass is 576 g/mol. The number of amides is 2. The smallest absolute Gasteiger partial charge is 0.428 e. The molecule has 0 saturated heterocycles. The van der Waals surface area contributed by atoms with Gasteiger partial charge in [0.05, 0.1) is 11.8 Å². The third-order valence-electron chi connectivity index (χ3n) is 5.06. The number of nitrogen functional groups attached to an aromatic ring is 1. The lowest BCUT2D eigenvalue weighted by atomic mass is 9.95. The van der Waals surface area contributed by atoms with Gasteiger partial charge < -0.3 is 19.7 Å². The molecule has 0 aliphatic carbocycles. The van der Waals surface area contributed by atoms with Crippen molar-refractivity contribution >= 4 is 23.7 Å². The largest absolute Gasteiger partial charge is 0.479 e. The van der Waals surface area contributed by atoms with Crippen molar-refractivity contribution in [2.45, 2.75) is 89.5 Å². The van der Waals surface area contributed by atoms with Crippen LogP contribution in [0.3, 0.4) is 0 Å². The molecule has 0 spiro atoms. The fourth-order valence-electron chi connectivity index (χ4n) is 3.15. The molecule has 6 N–H and O–H groups in total. The number of hydrogen-bond acceptors (Lipinski definition) is 8. The molecule has 0 bridgehead atoms. The molecule has 1 heterocycles. The van der Waals surface area contributed by atoms with Crippen molar-refractivity contribution in [3.05, 3.63) is 17.3 Å². The van der Waals surface area contributed by atoms with Gasteiger partial charge in [-0.25, -0.2) is 20.4 Å². The number of hydrazine groups is 1. The highest BCUT2D eigenvalue weighted by Gasteiger charge is 2.59. The molecule has 0 saturated carbocycles.